The fourth-order valence-electron chi connectivity index (χ4n) is 4.53. The molecule has 0 amide bonds. The normalized spacial score (nSPS) is 25.9. The van der Waals surface area contributed by atoms with Crippen LogP contribution in [0.5, 0.6) is 5.75 Å². The van der Waals surface area contributed by atoms with Crippen LogP contribution in [-0.4, -0.2) is 35.4 Å². The first-order valence-electron chi connectivity index (χ1n) is 10.2. The highest BCUT2D eigenvalue weighted by Crippen LogP contribution is 2.47. The molecule has 3 N–H and O–H groups in total. The van der Waals surface area contributed by atoms with Crippen LogP contribution in [0, 0.1) is 0 Å². The van der Waals surface area contributed by atoms with Gasteiger partial charge < -0.3 is 20.5 Å². The molecule has 4 rings (SSSR count). The summed E-state index contributed by atoms with van der Waals surface area (Å²) in [5.74, 6) is 1.80. The molecular formula is C21H31N3O2. The SMILES string of the molecule is CCNC(=NCC1(O)CCC1)NC1CC2(CCCC2)Oc2ccccc21. The van der Waals surface area contributed by atoms with E-state index in [2.05, 4.69) is 41.8 Å². The van der Waals surface area contributed by atoms with Crippen LogP contribution in [0.1, 0.15) is 69.9 Å². The number of aliphatic hydroxyl groups is 1. The lowest BCUT2D eigenvalue weighted by Crippen LogP contribution is -2.47. The van der Waals surface area contributed by atoms with Crippen molar-refractivity contribution in [2.24, 2.45) is 4.99 Å². The standard InChI is InChI=1S/C21H31N3O2/c1-2-22-19(23-15-20(25)10-7-11-20)24-17-14-21(12-5-6-13-21)26-18-9-4-3-8-16(17)18/h3-4,8-9,17,25H,2,5-7,10-15H2,1H3,(H2,22,23,24). The fraction of sp³-hybridized carbons (Fsp3) is 0.667. The van der Waals surface area contributed by atoms with Crippen LogP contribution in [0.15, 0.2) is 29.3 Å². The monoisotopic (exact) mass is 357 g/mol. The van der Waals surface area contributed by atoms with Gasteiger partial charge in [0.05, 0.1) is 18.2 Å². The van der Waals surface area contributed by atoms with Gasteiger partial charge in [-0.2, -0.15) is 0 Å². The quantitative estimate of drug-likeness (QED) is 0.571. The van der Waals surface area contributed by atoms with Gasteiger partial charge in [-0.05, 0) is 57.9 Å². The summed E-state index contributed by atoms with van der Waals surface area (Å²) in [7, 11) is 0. The third kappa shape index (κ3) is 3.54. The van der Waals surface area contributed by atoms with Gasteiger partial charge in [0.1, 0.15) is 11.4 Å². The highest BCUT2D eigenvalue weighted by molar-refractivity contribution is 5.80. The molecule has 1 aliphatic heterocycles. The summed E-state index contributed by atoms with van der Waals surface area (Å²) in [5.41, 5.74) is 0.580. The van der Waals surface area contributed by atoms with Gasteiger partial charge >= 0.3 is 0 Å². The minimum absolute atomic E-state index is 0.0322. The van der Waals surface area contributed by atoms with Gasteiger partial charge in [-0.15, -0.1) is 0 Å². The average molecular weight is 357 g/mol. The lowest BCUT2D eigenvalue weighted by atomic mass is 9.80. The van der Waals surface area contributed by atoms with Gasteiger partial charge in [-0.1, -0.05) is 18.2 Å². The summed E-state index contributed by atoms with van der Waals surface area (Å²) in [6, 6.07) is 8.55. The van der Waals surface area contributed by atoms with E-state index in [4.69, 9.17) is 9.73 Å². The van der Waals surface area contributed by atoms with E-state index >= 15 is 0 Å². The zero-order valence-electron chi connectivity index (χ0n) is 15.8. The summed E-state index contributed by atoms with van der Waals surface area (Å²) < 4.78 is 6.45. The first-order chi connectivity index (χ1) is 12.6. The molecule has 2 fully saturated rings. The van der Waals surface area contributed by atoms with Crippen molar-refractivity contribution in [2.45, 2.75) is 75.5 Å². The van der Waals surface area contributed by atoms with Gasteiger partial charge in [0.15, 0.2) is 5.96 Å². The molecule has 1 spiro atoms. The van der Waals surface area contributed by atoms with Crippen LogP contribution >= 0.6 is 0 Å². The maximum absolute atomic E-state index is 10.4. The number of hydrogen-bond donors (Lipinski definition) is 3. The van der Waals surface area contributed by atoms with Crippen LogP contribution in [0.3, 0.4) is 0 Å². The van der Waals surface area contributed by atoms with Crippen LogP contribution in [0.25, 0.3) is 0 Å². The van der Waals surface area contributed by atoms with E-state index < -0.39 is 5.60 Å². The van der Waals surface area contributed by atoms with Crippen molar-refractivity contribution in [3.05, 3.63) is 29.8 Å². The van der Waals surface area contributed by atoms with Crippen molar-refractivity contribution >= 4 is 5.96 Å². The number of fused-ring (bicyclic) bond motifs is 1. The Kier molecular flexibility index (Phi) is 4.82. The Morgan fingerprint density at radius 2 is 1.96 bits per heavy atom. The molecule has 5 nitrogen and oxygen atoms in total. The molecule has 2 saturated carbocycles. The number of aliphatic imine (C=N–C) groups is 1. The summed E-state index contributed by atoms with van der Waals surface area (Å²) >= 11 is 0. The summed E-state index contributed by atoms with van der Waals surface area (Å²) in [6.07, 6.45) is 8.55. The molecule has 142 valence electrons. The van der Waals surface area contributed by atoms with E-state index in [0.29, 0.717) is 6.54 Å². The Morgan fingerprint density at radius 1 is 1.19 bits per heavy atom. The van der Waals surface area contributed by atoms with Crippen molar-refractivity contribution in [2.75, 3.05) is 13.1 Å². The Balaban J connectivity index is 1.54. The van der Waals surface area contributed by atoms with Gasteiger partial charge in [-0.3, -0.25) is 4.99 Å². The minimum atomic E-state index is -0.595. The highest BCUT2D eigenvalue weighted by Gasteiger charge is 2.43. The smallest absolute Gasteiger partial charge is 0.191 e. The van der Waals surface area contributed by atoms with Crippen molar-refractivity contribution in [3.8, 4) is 5.75 Å². The van der Waals surface area contributed by atoms with Gasteiger partial charge in [0, 0.05) is 18.5 Å². The van der Waals surface area contributed by atoms with Gasteiger partial charge in [-0.25, -0.2) is 0 Å². The third-order valence-corrected chi connectivity index (χ3v) is 6.18. The van der Waals surface area contributed by atoms with Crippen molar-refractivity contribution < 1.29 is 9.84 Å². The number of para-hydroxylation sites is 1. The van der Waals surface area contributed by atoms with Crippen molar-refractivity contribution in [3.63, 3.8) is 0 Å². The number of rotatable bonds is 4. The minimum Gasteiger partial charge on any atom is -0.487 e. The molecule has 3 aliphatic rings. The Hall–Kier alpha value is -1.75. The van der Waals surface area contributed by atoms with Gasteiger partial charge in [0.25, 0.3) is 0 Å². The second kappa shape index (κ2) is 7.10. The molecule has 0 saturated heterocycles. The summed E-state index contributed by atoms with van der Waals surface area (Å²) in [6.45, 7) is 3.35. The number of nitrogens with zero attached hydrogens (tertiary/aromatic N) is 1. The number of guanidine groups is 1. The topological polar surface area (TPSA) is 65.9 Å². The maximum Gasteiger partial charge on any atom is 0.191 e. The van der Waals surface area contributed by atoms with E-state index in [1.807, 2.05) is 0 Å². The number of ether oxygens (including phenoxy) is 1. The first-order valence-corrected chi connectivity index (χ1v) is 10.2. The van der Waals surface area contributed by atoms with Crippen molar-refractivity contribution in [1.29, 1.82) is 0 Å². The zero-order valence-corrected chi connectivity index (χ0v) is 15.8. The van der Waals surface area contributed by atoms with Crippen molar-refractivity contribution in [1.82, 2.24) is 10.6 Å². The molecule has 2 aliphatic carbocycles. The lowest BCUT2D eigenvalue weighted by molar-refractivity contribution is -0.0236. The predicted molar refractivity (Wildman–Crippen MR) is 104 cm³/mol. The molecular weight excluding hydrogens is 326 g/mol. The van der Waals surface area contributed by atoms with Crippen LogP contribution in [0.4, 0.5) is 0 Å². The molecule has 5 heteroatoms. The molecule has 1 atom stereocenters. The fourth-order valence-corrected chi connectivity index (χ4v) is 4.53. The number of nitrogens with one attached hydrogen (secondary N) is 2. The average Bonchev–Trinajstić information content (AvgIpc) is 3.05. The molecule has 0 bridgehead atoms. The molecule has 1 unspecified atom stereocenters. The first kappa shape index (κ1) is 17.7. The molecule has 0 aromatic heterocycles. The van der Waals surface area contributed by atoms with E-state index in [1.165, 1.54) is 18.4 Å². The molecule has 0 radical (unpaired) electrons. The number of benzene rings is 1. The molecule has 1 aromatic rings. The Bertz CT molecular complexity index is 663. The molecule has 1 aromatic carbocycles. The van der Waals surface area contributed by atoms with Crippen LogP contribution < -0.4 is 15.4 Å². The Labute approximate surface area is 156 Å². The van der Waals surface area contributed by atoms with Crippen LogP contribution in [0.2, 0.25) is 0 Å². The molecule has 26 heavy (non-hydrogen) atoms. The van der Waals surface area contributed by atoms with Gasteiger partial charge in [0.2, 0.25) is 0 Å². The highest BCUT2D eigenvalue weighted by atomic mass is 16.5. The van der Waals surface area contributed by atoms with E-state index in [1.54, 1.807) is 0 Å². The number of hydrogen-bond acceptors (Lipinski definition) is 3. The zero-order chi connectivity index (χ0) is 18.0. The van der Waals surface area contributed by atoms with E-state index in [0.717, 1.165) is 56.8 Å². The second-order valence-electron chi connectivity index (χ2n) is 8.20. The largest absolute Gasteiger partial charge is 0.487 e. The Morgan fingerprint density at radius 3 is 2.65 bits per heavy atom. The van der Waals surface area contributed by atoms with E-state index in [-0.39, 0.29) is 11.6 Å². The second-order valence-corrected chi connectivity index (χ2v) is 8.20. The predicted octanol–water partition coefficient (Wildman–Crippen LogP) is 3.29. The summed E-state index contributed by atoms with van der Waals surface area (Å²) in [4.78, 5) is 4.69. The lowest BCUT2D eigenvalue weighted by Gasteiger charge is -2.41. The van der Waals surface area contributed by atoms with E-state index in [9.17, 15) is 5.11 Å². The summed E-state index contributed by atoms with van der Waals surface area (Å²) in [5, 5.41) is 17.4. The maximum atomic E-state index is 10.4. The van der Waals surface area contributed by atoms with Crippen LogP contribution in [-0.2, 0) is 0 Å². The third-order valence-electron chi connectivity index (χ3n) is 6.18. The molecule has 1 heterocycles.